The second-order valence-corrected chi connectivity index (χ2v) is 3.50. The first-order valence-electron chi connectivity index (χ1n) is 5.90. The number of imidazole rings is 1. The Morgan fingerprint density at radius 2 is 2.00 bits per heavy atom. The molecule has 0 amide bonds. The molecule has 0 saturated heterocycles. The van der Waals surface area contributed by atoms with Gasteiger partial charge in [0.1, 0.15) is 5.82 Å². The smallest absolute Gasteiger partial charge is 0.329 e. The molecule has 3 nitrogen and oxygen atoms in total. The molecule has 1 aromatic rings. The number of aryl methyl sites for hydroxylation is 1. The summed E-state index contributed by atoms with van der Waals surface area (Å²) in [7, 11) is 0. The zero-order chi connectivity index (χ0) is 13.1. The van der Waals surface area contributed by atoms with Crippen LogP contribution in [-0.2, 0) is 25.7 Å². The first-order valence-corrected chi connectivity index (χ1v) is 5.90. The summed E-state index contributed by atoms with van der Waals surface area (Å²) in [5.74, 6) is 0.527. The first kappa shape index (κ1) is 14.0. The molecule has 2 rings (SSSR count). The van der Waals surface area contributed by atoms with Crippen LogP contribution in [0.4, 0.5) is 13.2 Å². The molecular weight excluding hydrogens is 231 g/mol. The van der Waals surface area contributed by atoms with Crippen molar-refractivity contribution in [2.75, 3.05) is 6.54 Å². The highest BCUT2D eigenvalue weighted by molar-refractivity contribution is 5.21. The molecule has 0 saturated carbocycles. The Morgan fingerprint density at radius 1 is 1.35 bits per heavy atom. The summed E-state index contributed by atoms with van der Waals surface area (Å²) in [4.78, 5) is 3.68. The first-order chi connectivity index (χ1) is 8.04. The van der Waals surface area contributed by atoms with Crippen molar-refractivity contribution in [3.05, 3.63) is 17.2 Å². The summed E-state index contributed by atoms with van der Waals surface area (Å²) in [6.45, 7) is 7.34. The molecule has 1 aromatic heterocycles. The van der Waals surface area contributed by atoms with E-state index in [2.05, 4.69) is 10.3 Å². The van der Waals surface area contributed by atoms with Crippen LogP contribution in [0.3, 0.4) is 0 Å². The molecular formula is C11H18F3N3. The third-order valence-electron chi connectivity index (χ3n) is 2.54. The van der Waals surface area contributed by atoms with Gasteiger partial charge in [-0.05, 0) is 0 Å². The topological polar surface area (TPSA) is 29.9 Å². The standard InChI is InChI=1S/C9H12F3N3.C2H6/c1-2-7-14-8(9(10,11)12)6-5-13-3-4-15(6)7;1-2/h13H,2-5H2,1H3;1-2H3. The molecule has 98 valence electrons. The van der Waals surface area contributed by atoms with Crippen LogP contribution in [0.1, 0.15) is 38.0 Å². The summed E-state index contributed by atoms with van der Waals surface area (Å²) >= 11 is 0. The van der Waals surface area contributed by atoms with E-state index in [9.17, 15) is 13.2 Å². The molecule has 1 N–H and O–H groups in total. The Hall–Kier alpha value is -1.04. The number of fused-ring (bicyclic) bond motifs is 1. The van der Waals surface area contributed by atoms with E-state index < -0.39 is 11.9 Å². The summed E-state index contributed by atoms with van der Waals surface area (Å²) in [6, 6.07) is 0. The fourth-order valence-corrected chi connectivity index (χ4v) is 1.88. The number of rotatable bonds is 1. The SMILES string of the molecule is CC.CCc1nc(C(F)(F)F)c2n1CCNC2. The lowest BCUT2D eigenvalue weighted by Crippen LogP contribution is -2.30. The Balaban J connectivity index is 0.000000686. The van der Waals surface area contributed by atoms with Gasteiger partial charge in [-0.15, -0.1) is 0 Å². The normalized spacial score (nSPS) is 14.9. The van der Waals surface area contributed by atoms with Crippen LogP contribution in [-0.4, -0.2) is 16.1 Å². The molecule has 0 aromatic carbocycles. The number of alkyl halides is 3. The van der Waals surface area contributed by atoms with Crippen LogP contribution in [0.15, 0.2) is 0 Å². The molecule has 17 heavy (non-hydrogen) atoms. The van der Waals surface area contributed by atoms with Crippen molar-refractivity contribution in [2.45, 2.75) is 46.5 Å². The second kappa shape index (κ2) is 5.53. The van der Waals surface area contributed by atoms with Crippen LogP contribution < -0.4 is 5.32 Å². The van der Waals surface area contributed by atoms with E-state index in [0.717, 1.165) is 0 Å². The number of nitrogens with one attached hydrogen (secondary N) is 1. The van der Waals surface area contributed by atoms with Gasteiger partial charge in [0.25, 0.3) is 0 Å². The van der Waals surface area contributed by atoms with Crippen molar-refractivity contribution in [1.82, 2.24) is 14.9 Å². The van der Waals surface area contributed by atoms with Gasteiger partial charge >= 0.3 is 6.18 Å². The van der Waals surface area contributed by atoms with Gasteiger partial charge in [-0.1, -0.05) is 20.8 Å². The Kier molecular flexibility index (Phi) is 4.56. The molecule has 0 aliphatic carbocycles. The third kappa shape index (κ3) is 2.80. The van der Waals surface area contributed by atoms with E-state index in [1.807, 2.05) is 20.8 Å². The van der Waals surface area contributed by atoms with E-state index in [0.29, 0.717) is 25.3 Å². The van der Waals surface area contributed by atoms with Gasteiger partial charge in [0.15, 0.2) is 5.69 Å². The fourth-order valence-electron chi connectivity index (χ4n) is 1.88. The fraction of sp³-hybridized carbons (Fsp3) is 0.727. The summed E-state index contributed by atoms with van der Waals surface area (Å²) < 4.78 is 39.5. The van der Waals surface area contributed by atoms with Crippen LogP contribution >= 0.6 is 0 Å². The molecule has 6 heteroatoms. The molecule has 0 radical (unpaired) electrons. The number of hydrogen-bond acceptors (Lipinski definition) is 2. The van der Waals surface area contributed by atoms with Gasteiger partial charge in [0.2, 0.25) is 0 Å². The van der Waals surface area contributed by atoms with Gasteiger partial charge < -0.3 is 9.88 Å². The molecule has 0 bridgehead atoms. The summed E-state index contributed by atoms with van der Waals surface area (Å²) in [6.07, 6.45) is -3.81. The molecule has 0 unspecified atom stereocenters. The highest BCUT2D eigenvalue weighted by atomic mass is 19.4. The summed E-state index contributed by atoms with van der Waals surface area (Å²) in [5, 5.41) is 2.93. The van der Waals surface area contributed by atoms with Gasteiger partial charge in [-0.2, -0.15) is 13.2 Å². The van der Waals surface area contributed by atoms with Crippen molar-refractivity contribution in [2.24, 2.45) is 0 Å². The maximum absolute atomic E-state index is 12.6. The average Bonchev–Trinajstić information content (AvgIpc) is 2.70. The van der Waals surface area contributed by atoms with Crippen molar-refractivity contribution in [3.8, 4) is 0 Å². The third-order valence-corrected chi connectivity index (χ3v) is 2.54. The van der Waals surface area contributed by atoms with Gasteiger partial charge in [0, 0.05) is 26.1 Å². The average molecular weight is 249 g/mol. The van der Waals surface area contributed by atoms with Crippen molar-refractivity contribution in [1.29, 1.82) is 0 Å². The maximum atomic E-state index is 12.6. The minimum absolute atomic E-state index is 0.252. The Bertz CT molecular complexity index is 369. The lowest BCUT2D eigenvalue weighted by atomic mass is 10.2. The van der Waals surface area contributed by atoms with Gasteiger partial charge in [0.05, 0.1) is 5.69 Å². The molecule has 0 atom stereocenters. The Morgan fingerprint density at radius 3 is 2.53 bits per heavy atom. The minimum Gasteiger partial charge on any atom is -0.329 e. The van der Waals surface area contributed by atoms with E-state index in [1.54, 1.807) is 4.57 Å². The monoisotopic (exact) mass is 249 g/mol. The largest absolute Gasteiger partial charge is 0.435 e. The van der Waals surface area contributed by atoms with Crippen LogP contribution in [0.25, 0.3) is 0 Å². The van der Waals surface area contributed by atoms with E-state index in [1.165, 1.54) is 0 Å². The lowest BCUT2D eigenvalue weighted by molar-refractivity contribution is -0.141. The predicted octanol–water partition coefficient (Wildman–Crippen LogP) is 2.59. The van der Waals surface area contributed by atoms with E-state index in [-0.39, 0.29) is 12.2 Å². The van der Waals surface area contributed by atoms with E-state index >= 15 is 0 Å². The Labute approximate surface area is 99.0 Å². The molecule has 1 aliphatic heterocycles. The number of halogens is 3. The van der Waals surface area contributed by atoms with Crippen molar-refractivity contribution < 1.29 is 13.2 Å². The zero-order valence-electron chi connectivity index (χ0n) is 10.4. The predicted molar refractivity (Wildman–Crippen MR) is 59.7 cm³/mol. The van der Waals surface area contributed by atoms with Crippen molar-refractivity contribution >= 4 is 0 Å². The van der Waals surface area contributed by atoms with Gasteiger partial charge in [-0.25, -0.2) is 4.98 Å². The number of nitrogens with zero attached hydrogens (tertiary/aromatic N) is 2. The van der Waals surface area contributed by atoms with E-state index in [4.69, 9.17) is 0 Å². The highest BCUT2D eigenvalue weighted by Gasteiger charge is 2.38. The zero-order valence-corrected chi connectivity index (χ0v) is 10.4. The van der Waals surface area contributed by atoms with Crippen LogP contribution in [0, 0.1) is 0 Å². The van der Waals surface area contributed by atoms with Gasteiger partial charge in [-0.3, -0.25) is 0 Å². The van der Waals surface area contributed by atoms with Crippen LogP contribution in [0.5, 0.6) is 0 Å². The van der Waals surface area contributed by atoms with Crippen molar-refractivity contribution in [3.63, 3.8) is 0 Å². The quantitative estimate of drug-likeness (QED) is 0.829. The number of aromatic nitrogens is 2. The second-order valence-electron chi connectivity index (χ2n) is 3.50. The minimum atomic E-state index is -4.34. The maximum Gasteiger partial charge on any atom is 0.435 e. The van der Waals surface area contributed by atoms with Crippen LogP contribution in [0.2, 0.25) is 0 Å². The molecule has 0 spiro atoms. The molecule has 0 fully saturated rings. The molecule has 1 aliphatic rings. The highest BCUT2D eigenvalue weighted by Crippen LogP contribution is 2.32. The molecule has 2 heterocycles. The summed E-state index contributed by atoms with van der Waals surface area (Å²) in [5.41, 5.74) is -0.461. The lowest BCUT2D eigenvalue weighted by Gasteiger charge is -2.18. The number of hydrogen-bond donors (Lipinski definition) is 1.